The van der Waals surface area contributed by atoms with Gasteiger partial charge in [-0.1, -0.05) is 0 Å². The van der Waals surface area contributed by atoms with Gasteiger partial charge in [-0.15, -0.1) is 0 Å². The molecule has 0 amide bonds. The van der Waals surface area contributed by atoms with Gasteiger partial charge in [-0.05, 0) is 13.0 Å². The summed E-state index contributed by atoms with van der Waals surface area (Å²) < 4.78 is 35.0. The summed E-state index contributed by atoms with van der Waals surface area (Å²) in [7, 11) is 0. The first-order valence-corrected chi connectivity index (χ1v) is 4.44. The first-order valence-electron chi connectivity index (χ1n) is 4.44. The summed E-state index contributed by atoms with van der Waals surface area (Å²) in [6.45, 7) is 1.40. The van der Waals surface area contributed by atoms with Crippen LogP contribution >= 0.6 is 0 Å². The minimum atomic E-state index is -1.57. The molecule has 0 heterocycles. The number of hydrogen-bond donors (Lipinski definition) is 0. The zero-order chi connectivity index (χ0) is 13.0. The van der Waals surface area contributed by atoms with E-state index in [4.69, 9.17) is 0 Å². The maximum Gasteiger partial charge on any atom is 0.514 e. The lowest BCUT2D eigenvalue weighted by atomic mass is 10.3. The van der Waals surface area contributed by atoms with E-state index in [1.165, 1.54) is 6.92 Å². The molecule has 0 unspecified atom stereocenters. The molecule has 17 heavy (non-hydrogen) atoms. The molecule has 0 aliphatic rings. The SMILES string of the molecule is CCOC(=O)Oc1c(F)ccc([N+](=O)[O-])c1F. The third-order valence-corrected chi connectivity index (χ3v) is 1.67. The van der Waals surface area contributed by atoms with E-state index in [1.54, 1.807) is 0 Å². The van der Waals surface area contributed by atoms with Gasteiger partial charge < -0.3 is 9.47 Å². The van der Waals surface area contributed by atoms with Gasteiger partial charge >= 0.3 is 11.8 Å². The zero-order valence-electron chi connectivity index (χ0n) is 8.61. The molecule has 0 saturated carbocycles. The second kappa shape index (κ2) is 5.19. The quantitative estimate of drug-likeness (QED) is 0.354. The van der Waals surface area contributed by atoms with E-state index in [9.17, 15) is 23.7 Å². The van der Waals surface area contributed by atoms with Crippen LogP contribution < -0.4 is 4.74 Å². The van der Waals surface area contributed by atoms with Crippen LogP contribution in [-0.4, -0.2) is 17.7 Å². The van der Waals surface area contributed by atoms with Crippen molar-refractivity contribution in [2.45, 2.75) is 6.92 Å². The van der Waals surface area contributed by atoms with Gasteiger partial charge in [0.1, 0.15) is 0 Å². The third kappa shape index (κ3) is 2.86. The van der Waals surface area contributed by atoms with Crippen molar-refractivity contribution < 1.29 is 28.0 Å². The molecule has 0 aromatic heterocycles. The standard InChI is InChI=1S/C9H7F2NO5/c1-2-16-9(13)17-8-5(10)3-4-6(7(8)11)12(14)15/h3-4H,2H2,1H3. The largest absolute Gasteiger partial charge is 0.514 e. The number of nitrogens with zero attached hydrogens (tertiary/aromatic N) is 1. The van der Waals surface area contributed by atoms with E-state index in [0.29, 0.717) is 12.1 Å². The van der Waals surface area contributed by atoms with Crippen LogP contribution in [0.4, 0.5) is 19.3 Å². The first-order chi connectivity index (χ1) is 7.97. The summed E-state index contributed by atoms with van der Waals surface area (Å²) in [5, 5.41) is 10.4. The van der Waals surface area contributed by atoms with E-state index in [-0.39, 0.29) is 6.61 Å². The maximum absolute atomic E-state index is 13.4. The molecule has 0 saturated heterocycles. The summed E-state index contributed by atoms with van der Waals surface area (Å²) in [4.78, 5) is 20.2. The van der Waals surface area contributed by atoms with E-state index >= 15 is 0 Å². The Morgan fingerprint density at radius 3 is 2.65 bits per heavy atom. The highest BCUT2D eigenvalue weighted by molar-refractivity contribution is 5.64. The Balaban J connectivity index is 3.09. The van der Waals surface area contributed by atoms with Crippen LogP contribution in [0.2, 0.25) is 0 Å². The fourth-order valence-electron chi connectivity index (χ4n) is 0.987. The minimum absolute atomic E-state index is 0.0585. The van der Waals surface area contributed by atoms with Crippen molar-refractivity contribution >= 4 is 11.8 Å². The average molecular weight is 247 g/mol. The number of carbonyl (C=O) groups excluding carboxylic acids is 1. The molecule has 0 atom stereocenters. The highest BCUT2D eigenvalue weighted by Gasteiger charge is 2.25. The smallest absolute Gasteiger partial charge is 0.434 e. The molecule has 0 bridgehead atoms. The zero-order valence-corrected chi connectivity index (χ0v) is 8.61. The first kappa shape index (κ1) is 12.8. The fraction of sp³-hybridized carbons (Fsp3) is 0.222. The number of carbonyl (C=O) groups is 1. The lowest BCUT2D eigenvalue weighted by molar-refractivity contribution is -0.387. The summed E-state index contributed by atoms with van der Waals surface area (Å²) in [6.07, 6.45) is -1.34. The van der Waals surface area contributed by atoms with Gasteiger partial charge in [0, 0.05) is 6.07 Å². The Labute approximate surface area is 93.9 Å². The number of hydrogen-bond acceptors (Lipinski definition) is 5. The molecule has 1 rings (SSSR count). The van der Waals surface area contributed by atoms with E-state index in [1.807, 2.05) is 0 Å². The number of nitro groups is 1. The van der Waals surface area contributed by atoms with Crippen molar-refractivity contribution in [2.75, 3.05) is 6.61 Å². The molecular formula is C9H7F2NO5. The number of nitro benzene ring substituents is 1. The van der Waals surface area contributed by atoms with Crippen molar-refractivity contribution in [1.29, 1.82) is 0 Å². The van der Waals surface area contributed by atoms with Crippen LogP contribution in [0.15, 0.2) is 12.1 Å². The highest BCUT2D eigenvalue weighted by atomic mass is 19.1. The van der Waals surface area contributed by atoms with Crippen molar-refractivity contribution in [3.63, 3.8) is 0 Å². The fourth-order valence-corrected chi connectivity index (χ4v) is 0.987. The summed E-state index contributed by atoms with van der Waals surface area (Å²) in [5.74, 6) is -3.96. The van der Waals surface area contributed by atoms with Gasteiger partial charge in [-0.25, -0.2) is 9.18 Å². The minimum Gasteiger partial charge on any atom is -0.434 e. The van der Waals surface area contributed by atoms with Gasteiger partial charge in [0.15, 0.2) is 5.82 Å². The van der Waals surface area contributed by atoms with Crippen LogP contribution in [0.5, 0.6) is 5.75 Å². The Kier molecular flexibility index (Phi) is 3.91. The highest BCUT2D eigenvalue weighted by Crippen LogP contribution is 2.29. The van der Waals surface area contributed by atoms with Gasteiger partial charge in [-0.3, -0.25) is 10.1 Å². The molecule has 0 aliphatic heterocycles. The van der Waals surface area contributed by atoms with Gasteiger partial charge in [0.05, 0.1) is 11.5 Å². The lowest BCUT2D eigenvalue weighted by Crippen LogP contribution is -2.12. The predicted octanol–water partition coefficient (Wildman–Crippen LogP) is 2.41. The molecular weight excluding hydrogens is 240 g/mol. The summed E-state index contributed by atoms with van der Waals surface area (Å²) in [5.41, 5.74) is -0.995. The van der Waals surface area contributed by atoms with Crippen LogP contribution in [-0.2, 0) is 4.74 Å². The molecule has 0 aliphatic carbocycles. The van der Waals surface area contributed by atoms with E-state index < -0.39 is 34.2 Å². The maximum atomic E-state index is 13.4. The predicted molar refractivity (Wildman–Crippen MR) is 50.7 cm³/mol. The molecule has 0 fully saturated rings. The van der Waals surface area contributed by atoms with E-state index in [0.717, 1.165) is 0 Å². The van der Waals surface area contributed by atoms with Crippen LogP contribution in [0.25, 0.3) is 0 Å². The molecule has 0 spiro atoms. The molecule has 0 radical (unpaired) electrons. The van der Waals surface area contributed by atoms with Crippen LogP contribution in [0.3, 0.4) is 0 Å². The second-order valence-electron chi connectivity index (χ2n) is 2.75. The molecule has 8 heteroatoms. The van der Waals surface area contributed by atoms with Crippen LogP contribution in [0, 0.1) is 21.7 Å². The van der Waals surface area contributed by atoms with Crippen LogP contribution in [0.1, 0.15) is 6.92 Å². The molecule has 0 N–H and O–H groups in total. The summed E-state index contributed by atoms with van der Waals surface area (Å²) in [6, 6.07) is 1.25. The summed E-state index contributed by atoms with van der Waals surface area (Å²) >= 11 is 0. The monoisotopic (exact) mass is 247 g/mol. The molecule has 6 nitrogen and oxygen atoms in total. The third-order valence-electron chi connectivity index (χ3n) is 1.67. The second-order valence-corrected chi connectivity index (χ2v) is 2.75. The molecule has 1 aromatic carbocycles. The van der Waals surface area contributed by atoms with Gasteiger partial charge in [0.25, 0.3) is 0 Å². The topological polar surface area (TPSA) is 78.7 Å². The van der Waals surface area contributed by atoms with Crippen molar-refractivity contribution in [3.05, 3.63) is 33.9 Å². The molecule has 92 valence electrons. The molecule has 1 aromatic rings. The lowest BCUT2D eigenvalue weighted by Gasteiger charge is -2.05. The number of halogens is 2. The Morgan fingerprint density at radius 2 is 2.12 bits per heavy atom. The van der Waals surface area contributed by atoms with Crippen molar-refractivity contribution in [2.24, 2.45) is 0 Å². The van der Waals surface area contributed by atoms with Gasteiger partial charge in [0.2, 0.25) is 11.6 Å². The van der Waals surface area contributed by atoms with Crippen molar-refractivity contribution in [1.82, 2.24) is 0 Å². The average Bonchev–Trinajstić information content (AvgIpc) is 2.24. The number of ether oxygens (including phenoxy) is 2. The van der Waals surface area contributed by atoms with Gasteiger partial charge in [-0.2, -0.15) is 4.39 Å². The number of benzene rings is 1. The van der Waals surface area contributed by atoms with E-state index in [2.05, 4.69) is 9.47 Å². The Hall–Kier alpha value is -2.25. The Morgan fingerprint density at radius 1 is 1.47 bits per heavy atom. The van der Waals surface area contributed by atoms with Crippen molar-refractivity contribution in [3.8, 4) is 5.75 Å². The normalized spacial score (nSPS) is 9.82. The Bertz CT molecular complexity index is 463. The number of rotatable bonds is 3.